The third-order valence-electron chi connectivity index (χ3n) is 5.86. The number of nitrogens with zero attached hydrogens (tertiary/aromatic N) is 2. The minimum absolute atomic E-state index is 0.236. The van der Waals surface area contributed by atoms with Gasteiger partial charge in [-0.05, 0) is 43.2 Å². The molecule has 0 N–H and O–H groups in total. The molecule has 8 heteroatoms. The van der Waals surface area contributed by atoms with Gasteiger partial charge in [0.2, 0.25) is 20.0 Å². The molecule has 0 amide bonds. The summed E-state index contributed by atoms with van der Waals surface area (Å²) < 4.78 is 55.0. The SMILES string of the molecule is CC(C)CCN1C2(CCN(S(=O)(=O)C3CC3)C2)c2ccccc2S1(=O)=O. The van der Waals surface area contributed by atoms with Crippen LogP contribution in [0.2, 0.25) is 0 Å². The van der Waals surface area contributed by atoms with Gasteiger partial charge in [-0.2, -0.15) is 8.61 Å². The van der Waals surface area contributed by atoms with Crippen molar-refractivity contribution in [3.8, 4) is 0 Å². The molecule has 26 heavy (non-hydrogen) atoms. The van der Waals surface area contributed by atoms with E-state index in [1.165, 1.54) is 4.31 Å². The maximum absolute atomic E-state index is 13.2. The summed E-state index contributed by atoms with van der Waals surface area (Å²) in [6.07, 6.45) is 2.72. The van der Waals surface area contributed by atoms with E-state index >= 15 is 0 Å². The van der Waals surface area contributed by atoms with Crippen LogP contribution in [0.15, 0.2) is 29.2 Å². The Morgan fingerprint density at radius 2 is 1.92 bits per heavy atom. The van der Waals surface area contributed by atoms with Crippen molar-refractivity contribution in [2.45, 2.75) is 55.2 Å². The Morgan fingerprint density at radius 1 is 1.23 bits per heavy atom. The Morgan fingerprint density at radius 3 is 2.58 bits per heavy atom. The Kier molecular flexibility index (Phi) is 4.26. The van der Waals surface area contributed by atoms with E-state index in [0.717, 1.165) is 24.8 Å². The third-order valence-corrected chi connectivity index (χ3v) is 10.2. The summed E-state index contributed by atoms with van der Waals surface area (Å²) in [5.41, 5.74) is 0.00368. The zero-order valence-corrected chi connectivity index (χ0v) is 16.9. The maximum Gasteiger partial charge on any atom is 0.244 e. The van der Waals surface area contributed by atoms with Crippen LogP contribution in [0.25, 0.3) is 0 Å². The molecule has 4 rings (SSSR count). The Labute approximate surface area is 156 Å². The summed E-state index contributed by atoms with van der Waals surface area (Å²) in [5.74, 6) is 0.374. The number of sulfonamides is 2. The van der Waals surface area contributed by atoms with Crippen LogP contribution in [0.1, 0.15) is 45.1 Å². The van der Waals surface area contributed by atoms with Gasteiger partial charge >= 0.3 is 0 Å². The highest BCUT2D eigenvalue weighted by Gasteiger charge is 2.58. The van der Waals surface area contributed by atoms with E-state index in [1.807, 2.05) is 12.1 Å². The highest BCUT2D eigenvalue weighted by Crippen LogP contribution is 2.50. The zero-order chi connectivity index (χ0) is 18.7. The molecule has 0 bridgehead atoms. The van der Waals surface area contributed by atoms with Crippen LogP contribution in [-0.4, -0.2) is 50.3 Å². The summed E-state index contributed by atoms with van der Waals surface area (Å²) in [7, 11) is -6.91. The Hall–Kier alpha value is -0.960. The van der Waals surface area contributed by atoms with Crippen LogP contribution < -0.4 is 0 Å². The first kappa shape index (κ1) is 18.4. The first-order valence-corrected chi connectivity index (χ1v) is 12.3. The summed E-state index contributed by atoms with van der Waals surface area (Å²) in [4.78, 5) is 0.342. The Balaban J connectivity index is 1.77. The molecule has 3 aliphatic rings. The van der Waals surface area contributed by atoms with Crippen LogP contribution in [0.5, 0.6) is 0 Å². The van der Waals surface area contributed by atoms with Gasteiger partial charge in [0.1, 0.15) is 0 Å². The second-order valence-corrected chi connectivity index (χ2v) is 12.2. The smallest absolute Gasteiger partial charge is 0.212 e. The summed E-state index contributed by atoms with van der Waals surface area (Å²) in [6, 6.07) is 7.10. The molecular weight excluding hydrogens is 372 g/mol. The minimum Gasteiger partial charge on any atom is -0.212 e. The first-order valence-electron chi connectivity index (χ1n) is 9.31. The molecule has 1 aliphatic carbocycles. The zero-order valence-electron chi connectivity index (χ0n) is 15.3. The van der Waals surface area contributed by atoms with Crippen molar-refractivity contribution < 1.29 is 16.8 Å². The largest absolute Gasteiger partial charge is 0.244 e. The fraction of sp³-hybridized carbons (Fsp3) is 0.667. The minimum atomic E-state index is -3.60. The van der Waals surface area contributed by atoms with E-state index in [-0.39, 0.29) is 11.8 Å². The van der Waals surface area contributed by atoms with Crippen LogP contribution >= 0.6 is 0 Å². The molecule has 1 saturated heterocycles. The van der Waals surface area contributed by atoms with Crippen LogP contribution in [0.4, 0.5) is 0 Å². The summed E-state index contributed by atoms with van der Waals surface area (Å²) in [6.45, 7) is 5.19. The quantitative estimate of drug-likeness (QED) is 0.761. The van der Waals surface area contributed by atoms with E-state index in [2.05, 4.69) is 13.8 Å². The monoisotopic (exact) mass is 398 g/mol. The lowest BCUT2D eigenvalue weighted by Crippen LogP contribution is -2.47. The molecule has 1 unspecified atom stereocenters. The predicted octanol–water partition coefficient (Wildman–Crippen LogP) is 2.13. The Bertz CT molecular complexity index is 922. The van der Waals surface area contributed by atoms with E-state index in [9.17, 15) is 16.8 Å². The highest BCUT2D eigenvalue weighted by molar-refractivity contribution is 7.90. The molecule has 144 valence electrons. The molecule has 2 heterocycles. The van der Waals surface area contributed by atoms with Crippen LogP contribution in [0.3, 0.4) is 0 Å². The molecule has 1 atom stereocenters. The van der Waals surface area contributed by atoms with Gasteiger partial charge in [0.15, 0.2) is 0 Å². The van der Waals surface area contributed by atoms with Crippen molar-refractivity contribution >= 4 is 20.0 Å². The number of benzene rings is 1. The van der Waals surface area contributed by atoms with Crippen LogP contribution in [-0.2, 0) is 25.6 Å². The number of fused-ring (bicyclic) bond motifs is 2. The lowest BCUT2D eigenvalue weighted by molar-refractivity contribution is 0.202. The highest BCUT2D eigenvalue weighted by atomic mass is 32.2. The third kappa shape index (κ3) is 2.65. The van der Waals surface area contributed by atoms with E-state index < -0.39 is 25.6 Å². The molecule has 2 fully saturated rings. The van der Waals surface area contributed by atoms with Gasteiger partial charge in [-0.1, -0.05) is 32.0 Å². The van der Waals surface area contributed by atoms with Gasteiger partial charge in [0, 0.05) is 19.6 Å². The van der Waals surface area contributed by atoms with Crippen molar-refractivity contribution in [3.05, 3.63) is 29.8 Å². The summed E-state index contributed by atoms with van der Waals surface area (Å²) in [5, 5.41) is -0.269. The maximum atomic E-state index is 13.2. The van der Waals surface area contributed by atoms with E-state index in [1.54, 1.807) is 16.4 Å². The van der Waals surface area contributed by atoms with E-state index in [4.69, 9.17) is 0 Å². The molecule has 1 aromatic carbocycles. The fourth-order valence-corrected chi connectivity index (χ4v) is 8.22. The normalized spacial score (nSPS) is 28.9. The molecule has 2 aliphatic heterocycles. The van der Waals surface area contributed by atoms with Crippen molar-refractivity contribution in [2.75, 3.05) is 19.6 Å². The molecule has 6 nitrogen and oxygen atoms in total. The molecule has 1 spiro atoms. The number of hydrogen-bond acceptors (Lipinski definition) is 4. The average Bonchev–Trinajstić information content (AvgIpc) is 3.32. The van der Waals surface area contributed by atoms with Crippen LogP contribution in [0, 0.1) is 5.92 Å². The van der Waals surface area contributed by atoms with Gasteiger partial charge in [0.05, 0.1) is 15.7 Å². The second-order valence-electron chi connectivity index (χ2n) is 8.12. The van der Waals surface area contributed by atoms with Gasteiger partial charge in [-0.3, -0.25) is 0 Å². The molecule has 1 saturated carbocycles. The predicted molar refractivity (Wildman–Crippen MR) is 99.6 cm³/mol. The lowest BCUT2D eigenvalue weighted by atomic mass is 9.88. The average molecular weight is 399 g/mol. The topological polar surface area (TPSA) is 74.8 Å². The number of hydrogen-bond donors (Lipinski definition) is 0. The van der Waals surface area contributed by atoms with Gasteiger partial charge in [-0.15, -0.1) is 0 Å². The second kappa shape index (κ2) is 6.02. The van der Waals surface area contributed by atoms with Crippen molar-refractivity contribution in [2.24, 2.45) is 5.92 Å². The van der Waals surface area contributed by atoms with Gasteiger partial charge < -0.3 is 0 Å². The summed E-state index contributed by atoms with van der Waals surface area (Å²) >= 11 is 0. The van der Waals surface area contributed by atoms with Gasteiger partial charge in [0.25, 0.3) is 0 Å². The van der Waals surface area contributed by atoms with Crippen molar-refractivity contribution in [1.82, 2.24) is 8.61 Å². The fourth-order valence-electron chi connectivity index (χ4n) is 4.25. The lowest BCUT2D eigenvalue weighted by Gasteiger charge is -2.34. The molecule has 1 aromatic rings. The van der Waals surface area contributed by atoms with Crippen molar-refractivity contribution in [3.63, 3.8) is 0 Å². The standard InChI is InChI=1S/C18H26N2O4S2/c1-14(2)9-11-20-18(16-5-3-4-6-17(16)26(20,23)24)10-12-19(13-18)25(21,22)15-7-8-15/h3-6,14-15H,7-13H2,1-2H3. The first-order chi connectivity index (χ1) is 12.2. The number of rotatable bonds is 5. The molecule has 0 radical (unpaired) electrons. The van der Waals surface area contributed by atoms with Gasteiger partial charge in [-0.25, -0.2) is 16.8 Å². The molecule has 0 aromatic heterocycles. The molecular formula is C18H26N2O4S2. The van der Waals surface area contributed by atoms with E-state index in [0.29, 0.717) is 30.3 Å². The van der Waals surface area contributed by atoms with Crippen molar-refractivity contribution in [1.29, 1.82) is 0 Å².